The lowest BCUT2D eigenvalue weighted by atomic mass is 10.1. The van der Waals surface area contributed by atoms with Crippen LogP contribution >= 0.6 is 0 Å². The predicted molar refractivity (Wildman–Crippen MR) is 42.0 cm³/mol. The van der Waals surface area contributed by atoms with E-state index in [1.165, 1.54) is 0 Å². The molecule has 0 aliphatic carbocycles. The fourth-order valence-corrected chi connectivity index (χ4v) is 1.67. The zero-order valence-electron chi connectivity index (χ0n) is 7.19. The van der Waals surface area contributed by atoms with Crippen molar-refractivity contribution in [3.8, 4) is 0 Å². The van der Waals surface area contributed by atoms with Crippen LogP contribution in [0.1, 0.15) is 6.42 Å². The van der Waals surface area contributed by atoms with Gasteiger partial charge in [0.15, 0.2) is 0 Å². The summed E-state index contributed by atoms with van der Waals surface area (Å²) in [5.74, 6) is -0.627. The van der Waals surface area contributed by atoms with Gasteiger partial charge in [-0.05, 0) is 0 Å². The summed E-state index contributed by atoms with van der Waals surface area (Å²) >= 11 is 0. The van der Waals surface area contributed by atoms with Gasteiger partial charge in [-0.1, -0.05) is 0 Å². The summed E-state index contributed by atoms with van der Waals surface area (Å²) < 4.78 is 5.11. The van der Waals surface area contributed by atoms with Crippen LogP contribution in [0.4, 0.5) is 4.79 Å². The van der Waals surface area contributed by atoms with Crippen molar-refractivity contribution in [3.05, 3.63) is 0 Å². The van der Waals surface area contributed by atoms with E-state index in [4.69, 9.17) is 9.84 Å². The number of urea groups is 1. The summed E-state index contributed by atoms with van der Waals surface area (Å²) in [6.45, 7) is -0.397. The summed E-state index contributed by atoms with van der Waals surface area (Å²) in [5.41, 5.74) is -1.50. The van der Waals surface area contributed by atoms with Gasteiger partial charge in [-0.25, -0.2) is 4.79 Å². The van der Waals surface area contributed by atoms with Crippen LogP contribution in [-0.4, -0.2) is 46.7 Å². The highest BCUT2D eigenvalue weighted by atomic mass is 16.6. The molecule has 1 spiro atoms. The van der Waals surface area contributed by atoms with Gasteiger partial charge in [-0.3, -0.25) is 10.1 Å². The quantitative estimate of drug-likeness (QED) is 0.356. The topological polar surface area (TPSA) is 108 Å². The average Bonchev–Trinajstić information content (AvgIpc) is 2.55. The van der Waals surface area contributed by atoms with E-state index < -0.39 is 36.5 Å². The van der Waals surface area contributed by atoms with Crippen LogP contribution < -0.4 is 10.6 Å². The third-order valence-corrected chi connectivity index (χ3v) is 2.37. The Kier molecular flexibility index (Phi) is 1.95. The van der Waals surface area contributed by atoms with Crippen LogP contribution in [0.5, 0.6) is 0 Å². The smallest absolute Gasteiger partial charge is 0.324 e. The average molecular weight is 202 g/mol. The molecule has 14 heavy (non-hydrogen) atoms. The standard InChI is InChI=1S/C7H10N2O5/c10-2-4-3(11)1-7(14-4)5(12)8-6(13)9-7/h3-4,10-11H,1-2H2,(H2,8,9,12,13)/t3-,4+,7-/m0/s1. The van der Waals surface area contributed by atoms with E-state index in [0.29, 0.717) is 0 Å². The van der Waals surface area contributed by atoms with E-state index in [1.807, 2.05) is 5.32 Å². The minimum absolute atomic E-state index is 0.0458. The highest BCUT2D eigenvalue weighted by Gasteiger charge is 2.56. The van der Waals surface area contributed by atoms with Crippen molar-refractivity contribution in [2.45, 2.75) is 24.4 Å². The highest BCUT2D eigenvalue weighted by Crippen LogP contribution is 2.30. The third kappa shape index (κ3) is 1.17. The van der Waals surface area contributed by atoms with Crippen molar-refractivity contribution in [2.75, 3.05) is 6.61 Å². The molecule has 0 unspecified atom stereocenters. The van der Waals surface area contributed by atoms with Gasteiger partial charge >= 0.3 is 6.03 Å². The number of amides is 3. The molecular weight excluding hydrogens is 192 g/mol. The van der Waals surface area contributed by atoms with Crippen LogP contribution in [0.2, 0.25) is 0 Å². The van der Waals surface area contributed by atoms with E-state index in [-0.39, 0.29) is 6.42 Å². The zero-order chi connectivity index (χ0) is 10.3. The molecule has 2 saturated heterocycles. The monoisotopic (exact) mass is 202 g/mol. The fraction of sp³-hybridized carbons (Fsp3) is 0.714. The van der Waals surface area contributed by atoms with Gasteiger partial charge in [-0.15, -0.1) is 0 Å². The number of aliphatic hydroxyl groups is 2. The minimum Gasteiger partial charge on any atom is -0.394 e. The number of aliphatic hydroxyl groups excluding tert-OH is 2. The molecule has 2 aliphatic rings. The normalized spacial score (nSPS) is 41.6. The van der Waals surface area contributed by atoms with Crippen molar-refractivity contribution in [2.24, 2.45) is 0 Å². The van der Waals surface area contributed by atoms with E-state index in [2.05, 4.69) is 5.32 Å². The molecule has 0 radical (unpaired) electrons. The number of hydrogen-bond acceptors (Lipinski definition) is 5. The molecule has 0 saturated carbocycles. The maximum atomic E-state index is 11.3. The summed E-state index contributed by atoms with van der Waals surface area (Å²) in [7, 11) is 0. The molecule has 2 heterocycles. The Morgan fingerprint density at radius 2 is 2.29 bits per heavy atom. The number of hydrogen-bond donors (Lipinski definition) is 4. The largest absolute Gasteiger partial charge is 0.394 e. The van der Waals surface area contributed by atoms with Crippen LogP contribution in [0.15, 0.2) is 0 Å². The van der Waals surface area contributed by atoms with Crippen molar-refractivity contribution in [3.63, 3.8) is 0 Å². The fourth-order valence-electron chi connectivity index (χ4n) is 1.67. The molecule has 2 fully saturated rings. The van der Waals surface area contributed by atoms with Crippen LogP contribution in [0, 0.1) is 0 Å². The minimum atomic E-state index is -1.50. The lowest BCUT2D eigenvalue weighted by molar-refractivity contribution is -0.145. The van der Waals surface area contributed by atoms with E-state index >= 15 is 0 Å². The number of rotatable bonds is 1. The number of nitrogens with one attached hydrogen (secondary N) is 2. The molecule has 3 atom stereocenters. The van der Waals surface area contributed by atoms with Gasteiger partial charge in [-0.2, -0.15) is 0 Å². The Labute approximate surface area is 79.0 Å². The first-order valence-electron chi connectivity index (χ1n) is 4.18. The number of carbonyl (C=O) groups excluding carboxylic acids is 2. The van der Waals surface area contributed by atoms with Crippen LogP contribution in [-0.2, 0) is 9.53 Å². The first kappa shape index (κ1) is 9.38. The molecule has 0 aromatic carbocycles. The molecule has 7 nitrogen and oxygen atoms in total. The van der Waals surface area contributed by atoms with Gasteiger partial charge in [0.2, 0.25) is 5.72 Å². The van der Waals surface area contributed by atoms with E-state index in [9.17, 15) is 14.7 Å². The SMILES string of the molecule is O=C1NC(=O)[C@@]2(C[C@H](O)[C@@H](CO)O2)N1. The van der Waals surface area contributed by atoms with Gasteiger partial charge in [0.25, 0.3) is 5.91 Å². The summed E-state index contributed by atoms with van der Waals surface area (Å²) in [6.07, 6.45) is -1.83. The second-order valence-electron chi connectivity index (χ2n) is 3.35. The van der Waals surface area contributed by atoms with Crippen LogP contribution in [0.3, 0.4) is 0 Å². The maximum absolute atomic E-state index is 11.3. The molecule has 3 amide bonds. The number of carbonyl (C=O) groups is 2. The van der Waals surface area contributed by atoms with Gasteiger partial charge < -0.3 is 20.3 Å². The molecule has 0 aromatic rings. The molecule has 4 N–H and O–H groups in total. The Balaban J connectivity index is 2.20. The second kappa shape index (κ2) is 2.91. The van der Waals surface area contributed by atoms with Gasteiger partial charge in [0.1, 0.15) is 6.10 Å². The Morgan fingerprint density at radius 3 is 2.71 bits per heavy atom. The van der Waals surface area contributed by atoms with Gasteiger partial charge in [0, 0.05) is 6.42 Å². The maximum Gasteiger partial charge on any atom is 0.324 e. The van der Waals surface area contributed by atoms with E-state index in [0.717, 1.165) is 0 Å². The molecule has 78 valence electrons. The number of imide groups is 1. The molecule has 7 heteroatoms. The third-order valence-electron chi connectivity index (χ3n) is 2.37. The van der Waals surface area contributed by atoms with Crippen molar-refractivity contribution in [1.82, 2.24) is 10.6 Å². The van der Waals surface area contributed by atoms with Crippen LogP contribution in [0.25, 0.3) is 0 Å². The Morgan fingerprint density at radius 1 is 1.57 bits per heavy atom. The summed E-state index contributed by atoms with van der Waals surface area (Å²) in [5, 5.41) is 22.5. The molecule has 2 rings (SSSR count). The number of ether oxygens (including phenoxy) is 1. The lowest BCUT2D eigenvalue weighted by Crippen LogP contribution is -2.47. The second-order valence-corrected chi connectivity index (χ2v) is 3.35. The van der Waals surface area contributed by atoms with E-state index in [1.54, 1.807) is 0 Å². The lowest BCUT2D eigenvalue weighted by Gasteiger charge is -2.19. The van der Waals surface area contributed by atoms with Crippen molar-refractivity contribution < 1.29 is 24.5 Å². The van der Waals surface area contributed by atoms with Crippen molar-refractivity contribution in [1.29, 1.82) is 0 Å². The Hall–Kier alpha value is -1.18. The molecule has 0 bridgehead atoms. The summed E-state index contributed by atoms with van der Waals surface area (Å²) in [4.78, 5) is 22.2. The van der Waals surface area contributed by atoms with Gasteiger partial charge in [0.05, 0.1) is 12.7 Å². The van der Waals surface area contributed by atoms with Crippen molar-refractivity contribution >= 4 is 11.9 Å². The molecule has 2 aliphatic heterocycles. The molecule has 0 aromatic heterocycles. The first-order valence-corrected chi connectivity index (χ1v) is 4.18. The molecular formula is C7H10N2O5. The summed E-state index contributed by atoms with van der Waals surface area (Å²) in [6, 6.07) is -0.652. The highest BCUT2D eigenvalue weighted by molar-refractivity contribution is 6.06. The zero-order valence-corrected chi connectivity index (χ0v) is 7.19. The first-order chi connectivity index (χ1) is 6.57. The predicted octanol–water partition coefficient (Wildman–Crippen LogP) is -2.34. The Bertz CT molecular complexity index is 294.